The predicted molar refractivity (Wildman–Crippen MR) is 98.6 cm³/mol. The maximum Gasteiger partial charge on any atom is 0.244 e. The van der Waals surface area contributed by atoms with Crippen LogP contribution in [0.3, 0.4) is 0 Å². The second-order valence-electron chi connectivity index (χ2n) is 6.30. The number of aromatic nitrogens is 3. The van der Waals surface area contributed by atoms with Crippen LogP contribution >= 0.6 is 11.6 Å². The first kappa shape index (κ1) is 17.0. The van der Waals surface area contributed by atoms with E-state index in [1.165, 1.54) is 44.1 Å². The summed E-state index contributed by atoms with van der Waals surface area (Å²) in [5.74, 6) is 1.37. The molecule has 3 rings (SSSR count). The highest BCUT2D eigenvalue weighted by Gasteiger charge is 2.13. The summed E-state index contributed by atoms with van der Waals surface area (Å²) in [6.07, 6.45) is 10.2. The fourth-order valence-corrected chi connectivity index (χ4v) is 3.30. The molecular formula is C18H24ClN5. The minimum atomic E-state index is 0.469. The van der Waals surface area contributed by atoms with Crippen LogP contribution in [0.2, 0.25) is 5.02 Å². The van der Waals surface area contributed by atoms with Crippen LogP contribution in [0.5, 0.6) is 0 Å². The first-order valence-corrected chi connectivity index (χ1v) is 9.12. The third-order valence-electron chi connectivity index (χ3n) is 4.36. The minimum absolute atomic E-state index is 0.469. The van der Waals surface area contributed by atoms with Gasteiger partial charge in [0.2, 0.25) is 5.95 Å². The molecule has 0 atom stereocenters. The Balaban J connectivity index is 1.51. The van der Waals surface area contributed by atoms with E-state index in [2.05, 4.69) is 31.9 Å². The molecule has 24 heavy (non-hydrogen) atoms. The minimum Gasteiger partial charge on any atom is -0.368 e. The lowest BCUT2D eigenvalue weighted by Gasteiger charge is -2.16. The van der Waals surface area contributed by atoms with Crippen molar-refractivity contribution in [2.75, 3.05) is 17.2 Å². The highest BCUT2D eigenvalue weighted by Crippen LogP contribution is 2.20. The van der Waals surface area contributed by atoms with Gasteiger partial charge in [0, 0.05) is 17.6 Å². The van der Waals surface area contributed by atoms with E-state index in [0.29, 0.717) is 12.0 Å². The van der Waals surface area contributed by atoms with Gasteiger partial charge in [-0.15, -0.1) is 5.10 Å². The molecule has 1 aliphatic carbocycles. The van der Waals surface area contributed by atoms with E-state index in [4.69, 9.17) is 11.6 Å². The van der Waals surface area contributed by atoms with E-state index in [-0.39, 0.29) is 0 Å². The summed E-state index contributed by atoms with van der Waals surface area (Å²) in [4.78, 5) is 4.52. The van der Waals surface area contributed by atoms with Crippen molar-refractivity contribution in [1.82, 2.24) is 15.2 Å². The fourth-order valence-electron chi connectivity index (χ4n) is 3.08. The number of benzene rings is 1. The van der Waals surface area contributed by atoms with Gasteiger partial charge in [0.25, 0.3) is 0 Å². The summed E-state index contributed by atoms with van der Waals surface area (Å²) in [5, 5.41) is 15.7. The molecule has 0 saturated heterocycles. The molecule has 1 aliphatic rings. The molecule has 1 heterocycles. The molecule has 2 aromatic rings. The van der Waals surface area contributed by atoms with Gasteiger partial charge in [-0.1, -0.05) is 49.4 Å². The van der Waals surface area contributed by atoms with Crippen molar-refractivity contribution in [3.8, 4) is 0 Å². The molecule has 0 amide bonds. The summed E-state index contributed by atoms with van der Waals surface area (Å²) in [5.41, 5.74) is 1.20. The Labute approximate surface area is 148 Å². The highest BCUT2D eigenvalue weighted by molar-refractivity contribution is 6.30. The van der Waals surface area contributed by atoms with Crippen molar-refractivity contribution < 1.29 is 0 Å². The highest BCUT2D eigenvalue weighted by atomic mass is 35.5. The summed E-state index contributed by atoms with van der Waals surface area (Å²) in [7, 11) is 0. The SMILES string of the molecule is Clc1cccc(CCNc2cnnc(NC3CCCCCC3)n2)c1. The van der Waals surface area contributed by atoms with E-state index in [9.17, 15) is 0 Å². The van der Waals surface area contributed by atoms with Gasteiger partial charge in [-0.25, -0.2) is 0 Å². The van der Waals surface area contributed by atoms with Crippen molar-refractivity contribution in [2.45, 2.75) is 51.0 Å². The van der Waals surface area contributed by atoms with Crippen LogP contribution in [-0.4, -0.2) is 27.8 Å². The fraction of sp³-hybridized carbons (Fsp3) is 0.500. The Morgan fingerprint density at radius 2 is 1.96 bits per heavy atom. The number of halogens is 1. The van der Waals surface area contributed by atoms with Crippen LogP contribution in [-0.2, 0) is 6.42 Å². The molecule has 2 N–H and O–H groups in total. The summed E-state index contributed by atoms with van der Waals surface area (Å²) in [6.45, 7) is 0.780. The Kier molecular flexibility index (Phi) is 6.24. The Morgan fingerprint density at radius 1 is 1.12 bits per heavy atom. The van der Waals surface area contributed by atoms with E-state index >= 15 is 0 Å². The normalized spacial score (nSPS) is 15.7. The smallest absolute Gasteiger partial charge is 0.244 e. The second-order valence-corrected chi connectivity index (χ2v) is 6.74. The standard InChI is InChI=1S/C18H24ClN5/c19-15-7-5-6-14(12-15)10-11-20-17-13-21-24-18(23-17)22-16-8-3-1-2-4-9-16/h5-7,12-13,16H,1-4,8-11H2,(H2,20,22,23,24). The van der Waals surface area contributed by atoms with E-state index in [1.54, 1.807) is 6.20 Å². The van der Waals surface area contributed by atoms with E-state index in [0.717, 1.165) is 23.8 Å². The number of hydrogen-bond acceptors (Lipinski definition) is 5. The molecule has 0 unspecified atom stereocenters. The van der Waals surface area contributed by atoms with Crippen molar-refractivity contribution in [2.24, 2.45) is 0 Å². The van der Waals surface area contributed by atoms with Crippen LogP contribution in [0, 0.1) is 0 Å². The molecular weight excluding hydrogens is 322 g/mol. The number of hydrogen-bond donors (Lipinski definition) is 2. The first-order valence-electron chi connectivity index (χ1n) is 8.74. The topological polar surface area (TPSA) is 62.7 Å². The van der Waals surface area contributed by atoms with Crippen molar-refractivity contribution in [1.29, 1.82) is 0 Å². The lowest BCUT2D eigenvalue weighted by molar-refractivity contribution is 0.613. The van der Waals surface area contributed by atoms with Gasteiger partial charge in [0.15, 0.2) is 5.82 Å². The number of rotatable bonds is 6. The van der Waals surface area contributed by atoms with Crippen LogP contribution in [0.4, 0.5) is 11.8 Å². The monoisotopic (exact) mass is 345 g/mol. The average molecular weight is 346 g/mol. The summed E-state index contributed by atoms with van der Waals surface area (Å²) < 4.78 is 0. The third kappa shape index (κ3) is 5.34. The molecule has 0 bridgehead atoms. The molecule has 1 aromatic carbocycles. The molecule has 5 nitrogen and oxygen atoms in total. The molecule has 1 aromatic heterocycles. The zero-order valence-electron chi connectivity index (χ0n) is 13.8. The molecule has 0 spiro atoms. The second kappa shape index (κ2) is 8.83. The maximum absolute atomic E-state index is 6.01. The Hall–Kier alpha value is -1.88. The molecule has 1 saturated carbocycles. The van der Waals surface area contributed by atoms with Gasteiger partial charge in [-0.2, -0.15) is 10.1 Å². The summed E-state index contributed by atoms with van der Waals surface area (Å²) in [6, 6.07) is 8.39. The van der Waals surface area contributed by atoms with Gasteiger partial charge >= 0.3 is 0 Å². The Morgan fingerprint density at radius 3 is 2.75 bits per heavy atom. The molecule has 128 valence electrons. The van der Waals surface area contributed by atoms with E-state index < -0.39 is 0 Å². The number of nitrogens with one attached hydrogen (secondary N) is 2. The number of anilines is 2. The first-order chi connectivity index (χ1) is 11.8. The van der Waals surface area contributed by atoms with Crippen LogP contribution in [0.1, 0.15) is 44.1 Å². The van der Waals surface area contributed by atoms with Crippen LogP contribution in [0.15, 0.2) is 30.5 Å². The van der Waals surface area contributed by atoms with E-state index in [1.807, 2.05) is 18.2 Å². The van der Waals surface area contributed by atoms with Crippen LogP contribution in [0.25, 0.3) is 0 Å². The number of nitrogens with zero attached hydrogens (tertiary/aromatic N) is 3. The maximum atomic E-state index is 6.01. The van der Waals surface area contributed by atoms with Crippen LogP contribution < -0.4 is 10.6 Å². The lowest BCUT2D eigenvalue weighted by atomic mass is 10.1. The zero-order chi connectivity index (χ0) is 16.6. The quantitative estimate of drug-likeness (QED) is 0.763. The van der Waals surface area contributed by atoms with Gasteiger partial charge < -0.3 is 10.6 Å². The third-order valence-corrected chi connectivity index (χ3v) is 4.59. The van der Waals surface area contributed by atoms with Gasteiger partial charge in [-0.05, 0) is 37.0 Å². The molecule has 1 fully saturated rings. The van der Waals surface area contributed by atoms with Gasteiger partial charge in [0.05, 0.1) is 6.20 Å². The van der Waals surface area contributed by atoms with Gasteiger partial charge in [-0.3, -0.25) is 0 Å². The lowest BCUT2D eigenvalue weighted by Crippen LogP contribution is -2.20. The van der Waals surface area contributed by atoms with Crippen molar-refractivity contribution in [3.05, 3.63) is 41.0 Å². The molecule has 0 radical (unpaired) electrons. The van der Waals surface area contributed by atoms with Crippen molar-refractivity contribution in [3.63, 3.8) is 0 Å². The molecule has 6 heteroatoms. The Bertz CT molecular complexity index is 641. The zero-order valence-corrected chi connectivity index (χ0v) is 14.6. The average Bonchev–Trinajstić information content (AvgIpc) is 2.84. The molecule has 0 aliphatic heterocycles. The predicted octanol–water partition coefficient (Wildman–Crippen LogP) is 4.31. The summed E-state index contributed by atoms with van der Waals surface area (Å²) >= 11 is 6.01. The largest absolute Gasteiger partial charge is 0.368 e. The van der Waals surface area contributed by atoms with Gasteiger partial charge in [0.1, 0.15) is 0 Å². The van der Waals surface area contributed by atoms with Crippen molar-refractivity contribution >= 4 is 23.4 Å².